The van der Waals surface area contributed by atoms with Gasteiger partial charge in [0.05, 0.1) is 0 Å². The van der Waals surface area contributed by atoms with Crippen molar-refractivity contribution < 1.29 is 36.4 Å². The van der Waals surface area contributed by atoms with Gasteiger partial charge in [0.1, 0.15) is 0 Å². The summed E-state index contributed by atoms with van der Waals surface area (Å²) in [6.45, 7) is 5.48. The number of hydrogen-bond acceptors (Lipinski definition) is 3. The third-order valence-electron chi connectivity index (χ3n) is 5.73. The maximum Gasteiger partial charge on any atom is 0 e. The first-order chi connectivity index (χ1) is 11.1. The first-order valence-corrected chi connectivity index (χ1v) is 10.2. The van der Waals surface area contributed by atoms with Crippen molar-refractivity contribution in [1.82, 2.24) is 0 Å². The van der Waals surface area contributed by atoms with Crippen LogP contribution in [-0.2, 0) is 21.1 Å². The Labute approximate surface area is 180 Å². The minimum Gasteiger partial charge on any atom is -3.00 e. The van der Waals surface area contributed by atoms with E-state index in [-0.39, 0.29) is 31.0 Å². The fourth-order valence-electron chi connectivity index (χ4n) is 3.90. The Morgan fingerprint density at radius 2 is 0.577 bits per heavy atom. The van der Waals surface area contributed by atoms with Crippen LogP contribution in [-0.4, -0.2) is 16.8 Å². The molecule has 3 aliphatic rings. The van der Waals surface area contributed by atoms with E-state index in [1.54, 1.807) is 0 Å². The van der Waals surface area contributed by atoms with E-state index in [1.807, 2.05) is 20.8 Å². The standard InChI is InChI=1S/3C7H13O.Mo.P/c3*1-7(8)5-3-2-4-6-7;;/h3*2-6H2,1H3;;/q3*-1;;-3. The van der Waals surface area contributed by atoms with Crippen molar-refractivity contribution in [3.05, 3.63) is 0 Å². The van der Waals surface area contributed by atoms with Crippen LogP contribution in [0.15, 0.2) is 0 Å². The third kappa shape index (κ3) is 15.0. The van der Waals surface area contributed by atoms with E-state index in [4.69, 9.17) is 0 Å². The second-order valence-electron chi connectivity index (χ2n) is 9.03. The Morgan fingerprint density at radius 1 is 0.423 bits per heavy atom. The smallest absolute Gasteiger partial charge is 0 e. The molecule has 3 fully saturated rings. The van der Waals surface area contributed by atoms with Crippen molar-refractivity contribution >= 4 is 9.90 Å². The largest absolute Gasteiger partial charge is 3.00 e. The second-order valence-corrected chi connectivity index (χ2v) is 9.03. The van der Waals surface area contributed by atoms with Crippen molar-refractivity contribution in [3.8, 4) is 0 Å². The van der Waals surface area contributed by atoms with Crippen molar-refractivity contribution in [2.24, 2.45) is 0 Å². The van der Waals surface area contributed by atoms with Crippen molar-refractivity contribution in [1.29, 1.82) is 0 Å². The van der Waals surface area contributed by atoms with Crippen molar-refractivity contribution in [3.63, 3.8) is 0 Å². The summed E-state index contributed by atoms with van der Waals surface area (Å²) in [5, 5.41) is 33.4. The molecule has 26 heavy (non-hydrogen) atoms. The molecule has 0 radical (unpaired) electrons. The molecular weight excluding hydrogens is 427 g/mol. The van der Waals surface area contributed by atoms with E-state index < -0.39 is 16.8 Å². The normalized spacial score (nSPS) is 25.6. The van der Waals surface area contributed by atoms with E-state index in [0.717, 1.165) is 77.0 Å². The third-order valence-corrected chi connectivity index (χ3v) is 5.73. The van der Waals surface area contributed by atoms with E-state index in [1.165, 1.54) is 19.3 Å². The number of rotatable bonds is 0. The van der Waals surface area contributed by atoms with Crippen LogP contribution in [0.25, 0.3) is 0 Å². The zero-order valence-corrected chi connectivity index (χ0v) is 20.1. The summed E-state index contributed by atoms with van der Waals surface area (Å²) >= 11 is 0. The van der Waals surface area contributed by atoms with Gasteiger partial charge in [0.2, 0.25) is 0 Å². The van der Waals surface area contributed by atoms with Crippen LogP contribution in [0.1, 0.15) is 117 Å². The molecule has 3 nitrogen and oxygen atoms in total. The van der Waals surface area contributed by atoms with Crippen LogP contribution in [0.5, 0.6) is 0 Å². The summed E-state index contributed by atoms with van der Waals surface area (Å²) in [5.74, 6) is 0. The quantitative estimate of drug-likeness (QED) is 0.399. The molecule has 0 spiro atoms. The molecule has 3 saturated carbocycles. The maximum absolute atomic E-state index is 11.1. The average molecular weight is 466 g/mol. The molecule has 3 aliphatic carbocycles. The molecule has 0 aromatic carbocycles. The first kappa shape index (κ1) is 29.2. The Bertz CT molecular complexity index is 270. The average Bonchev–Trinajstić information content (AvgIpc) is 2.48. The molecule has 0 amide bonds. The van der Waals surface area contributed by atoms with E-state index in [9.17, 15) is 15.3 Å². The van der Waals surface area contributed by atoms with Crippen LogP contribution in [0, 0.1) is 0 Å². The van der Waals surface area contributed by atoms with E-state index in [2.05, 4.69) is 0 Å². The zero-order valence-electron chi connectivity index (χ0n) is 17.2. The molecule has 0 unspecified atom stereocenters. The summed E-state index contributed by atoms with van der Waals surface area (Å²) in [5.41, 5.74) is -1.71. The van der Waals surface area contributed by atoms with Crippen LogP contribution >= 0.6 is 9.90 Å². The predicted molar refractivity (Wildman–Crippen MR) is 101 cm³/mol. The maximum atomic E-state index is 11.1. The van der Waals surface area contributed by atoms with Crippen molar-refractivity contribution in [2.75, 3.05) is 0 Å². The molecule has 0 aliphatic heterocycles. The molecule has 158 valence electrons. The fraction of sp³-hybridized carbons (Fsp3) is 1.00. The summed E-state index contributed by atoms with van der Waals surface area (Å²) < 4.78 is 0. The van der Waals surface area contributed by atoms with Crippen LogP contribution in [0.2, 0.25) is 0 Å². The number of hydrogen-bond donors (Lipinski definition) is 0. The monoisotopic (exact) mass is 468 g/mol. The van der Waals surface area contributed by atoms with Crippen LogP contribution in [0.4, 0.5) is 0 Å². The van der Waals surface area contributed by atoms with Gasteiger partial charge in [-0.05, 0) is 0 Å². The Kier molecular flexibility index (Phi) is 15.8. The molecular formula is C21H39MoO3P-6. The van der Waals surface area contributed by atoms with Gasteiger partial charge in [0.15, 0.2) is 0 Å². The molecule has 0 aromatic heterocycles. The van der Waals surface area contributed by atoms with Gasteiger partial charge in [-0.25, -0.2) is 0 Å². The summed E-state index contributed by atoms with van der Waals surface area (Å²) in [6.07, 6.45) is 16.1. The van der Waals surface area contributed by atoms with Gasteiger partial charge in [0, 0.05) is 21.1 Å². The van der Waals surface area contributed by atoms with Gasteiger partial charge in [-0.2, -0.15) is 0 Å². The van der Waals surface area contributed by atoms with Gasteiger partial charge in [0.25, 0.3) is 0 Å². The summed E-state index contributed by atoms with van der Waals surface area (Å²) in [7, 11) is 0. The van der Waals surface area contributed by atoms with Gasteiger partial charge in [-0.15, -0.1) is 16.8 Å². The summed E-state index contributed by atoms with van der Waals surface area (Å²) in [4.78, 5) is 0. The molecule has 0 bridgehead atoms. The van der Waals surface area contributed by atoms with E-state index >= 15 is 0 Å². The van der Waals surface area contributed by atoms with Gasteiger partial charge < -0.3 is 25.2 Å². The van der Waals surface area contributed by atoms with Crippen LogP contribution < -0.4 is 15.3 Å². The molecule has 0 saturated heterocycles. The van der Waals surface area contributed by atoms with Crippen LogP contribution in [0.3, 0.4) is 0 Å². The Balaban J connectivity index is 0. The summed E-state index contributed by atoms with van der Waals surface area (Å²) in [6, 6.07) is 0. The molecule has 0 aromatic rings. The Hall–Kier alpha value is 0.998. The minimum absolute atomic E-state index is 0. The van der Waals surface area contributed by atoms with Gasteiger partial charge in [-0.1, -0.05) is 117 Å². The molecule has 0 N–H and O–H groups in total. The molecule has 3 rings (SSSR count). The fourth-order valence-corrected chi connectivity index (χ4v) is 3.90. The van der Waals surface area contributed by atoms with Crippen molar-refractivity contribution in [2.45, 2.75) is 134 Å². The minimum atomic E-state index is -0.571. The van der Waals surface area contributed by atoms with Gasteiger partial charge in [-0.3, -0.25) is 0 Å². The Morgan fingerprint density at radius 3 is 0.654 bits per heavy atom. The first-order valence-electron chi connectivity index (χ1n) is 10.2. The zero-order chi connectivity index (χ0) is 18.1. The van der Waals surface area contributed by atoms with Gasteiger partial charge >= 0.3 is 0 Å². The molecule has 0 atom stereocenters. The molecule has 5 heteroatoms. The predicted octanol–water partition coefficient (Wildman–Crippen LogP) is 4.07. The molecule has 0 heterocycles. The van der Waals surface area contributed by atoms with E-state index in [0.29, 0.717) is 0 Å². The SMILES string of the molecule is CC1([O-])CCCCC1.CC1([O-])CCCCC1.CC1([O-])CCCCC1.[Mo].[P-3]. The topological polar surface area (TPSA) is 69.2 Å². The second kappa shape index (κ2) is 14.1.